The Hall–Kier alpha value is -2.48. The summed E-state index contributed by atoms with van der Waals surface area (Å²) in [5.41, 5.74) is 0.690. The number of amides is 2. The SMILES string of the molecule is CCOc1cc(C=C2SC(=O)N(CC)C2=O)ccc1OCC(=O)OC. The molecule has 2 rings (SSSR count). The van der Waals surface area contributed by atoms with Crippen molar-refractivity contribution in [2.45, 2.75) is 13.8 Å². The third-order valence-electron chi connectivity index (χ3n) is 3.33. The first-order chi connectivity index (χ1) is 12.0. The van der Waals surface area contributed by atoms with Crippen LogP contribution in [-0.2, 0) is 14.3 Å². The van der Waals surface area contributed by atoms with Crippen LogP contribution < -0.4 is 9.47 Å². The molecule has 0 unspecified atom stereocenters. The molecule has 8 heteroatoms. The zero-order valence-corrected chi connectivity index (χ0v) is 15.1. The van der Waals surface area contributed by atoms with Gasteiger partial charge in [-0.1, -0.05) is 6.07 Å². The third kappa shape index (κ3) is 4.54. The van der Waals surface area contributed by atoms with Crippen LogP contribution in [0.4, 0.5) is 4.79 Å². The van der Waals surface area contributed by atoms with Crippen LogP contribution >= 0.6 is 11.8 Å². The third-order valence-corrected chi connectivity index (χ3v) is 4.24. The maximum Gasteiger partial charge on any atom is 0.343 e. The molecule has 0 N–H and O–H groups in total. The molecule has 1 fully saturated rings. The van der Waals surface area contributed by atoms with E-state index >= 15 is 0 Å². The number of likely N-dealkylation sites (N-methyl/N-ethyl adjacent to an activating group) is 1. The molecule has 0 bridgehead atoms. The Morgan fingerprint density at radius 3 is 2.56 bits per heavy atom. The number of hydrogen-bond acceptors (Lipinski definition) is 7. The Bertz CT molecular complexity index is 715. The van der Waals surface area contributed by atoms with Crippen LogP contribution in [-0.4, -0.2) is 48.9 Å². The highest BCUT2D eigenvalue weighted by molar-refractivity contribution is 8.18. The predicted molar refractivity (Wildman–Crippen MR) is 93.5 cm³/mol. The first kappa shape index (κ1) is 18.9. The monoisotopic (exact) mass is 365 g/mol. The molecule has 0 saturated carbocycles. The van der Waals surface area contributed by atoms with Gasteiger partial charge in [-0.15, -0.1) is 0 Å². The lowest BCUT2D eigenvalue weighted by Crippen LogP contribution is -2.27. The molecule has 1 aliphatic heterocycles. The molecule has 1 heterocycles. The van der Waals surface area contributed by atoms with E-state index in [2.05, 4.69) is 4.74 Å². The Morgan fingerprint density at radius 1 is 1.20 bits per heavy atom. The topological polar surface area (TPSA) is 82.1 Å². The summed E-state index contributed by atoms with van der Waals surface area (Å²) in [6.07, 6.45) is 1.63. The smallest absolute Gasteiger partial charge is 0.343 e. The first-order valence-corrected chi connectivity index (χ1v) is 8.53. The van der Waals surface area contributed by atoms with Gasteiger partial charge in [-0.2, -0.15) is 0 Å². The quantitative estimate of drug-likeness (QED) is 0.543. The molecule has 0 atom stereocenters. The van der Waals surface area contributed by atoms with Gasteiger partial charge in [0, 0.05) is 6.54 Å². The van der Waals surface area contributed by atoms with Crippen molar-refractivity contribution in [3.63, 3.8) is 0 Å². The number of carbonyl (C=O) groups is 3. The number of thioether (sulfide) groups is 1. The summed E-state index contributed by atoms with van der Waals surface area (Å²) in [6.45, 7) is 4.09. The molecule has 7 nitrogen and oxygen atoms in total. The van der Waals surface area contributed by atoms with Crippen LogP contribution in [0.5, 0.6) is 11.5 Å². The van der Waals surface area contributed by atoms with Crippen LogP contribution in [0, 0.1) is 0 Å². The normalized spacial score (nSPS) is 15.6. The van der Waals surface area contributed by atoms with E-state index in [1.165, 1.54) is 12.0 Å². The van der Waals surface area contributed by atoms with E-state index in [0.717, 1.165) is 11.8 Å². The summed E-state index contributed by atoms with van der Waals surface area (Å²) in [5, 5.41) is -0.276. The summed E-state index contributed by atoms with van der Waals surface area (Å²) in [6, 6.07) is 5.05. The molecule has 134 valence electrons. The maximum absolute atomic E-state index is 12.1. The van der Waals surface area contributed by atoms with Crippen molar-refractivity contribution >= 4 is 35.0 Å². The number of rotatable bonds is 7. The Labute approximate surface area is 149 Å². The molecule has 1 aromatic rings. The highest BCUT2D eigenvalue weighted by Crippen LogP contribution is 2.34. The van der Waals surface area contributed by atoms with Gasteiger partial charge in [0.25, 0.3) is 11.1 Å². The first-order valence-electron chi connectivity index (χ1n) is 7.72. The Kier molecular flexibility index (Phi) is 6.46. The van der Waals surface area contributed by atoms with E-state index in [9.17, 15) is 14.4 Å². The minimum Gasteiger partial charge on any atom is -0.490 e. The minimum atomic E-state index is -0.500. The summed E-state index contributed by atoms with van der Waals surface area (Å²) in [7, 11) is 1.28. The number of benzene rings is 1. The molecule has 25 heavy (non-hydrogen) atoms. The fraction of sp³-hybridized carbons (Fsp3) is 0.353. The number of hydrogen-bond donors (Lipinski definition) is 0. The molecule has 1 saturated heterocycles. The predicted octanol–water partition coefficient (Wildman–Crippen LogP) is 2.69. The molecule has 0 spiro atoms. The number of nitrogens with zero attached hydrogens (tertiary/aromatic N) is 1. The van der Waals surface area contributed by atoms with Crippen molar-refractivity contribution in [3.8, 4) is 11.5 Å². The van der Waals surface area contributed by atoms with Crippen LogP contribution in [0.3, 0.4) is 0 Å². The number of methoxy groups -OCH3 is 1. The number of ether oxygens (including phenoxy) is 3. The minimum absolute atomic E-state index is 0.231. The van der Waals surface area contributed by atoms with Gasteiger partial charge >= 0.3 is 5.97 Å². The number of carbonyl (C=O) groups excluding carboxylic acids is 3. The second-order valence-corrected chi connectivity index (χ2v) is 5.92. The van der Waals surface area contributed by atoms with Gasteiger partial charge in [0.2, 0.25) is 0 Å². The van der Waals surface area contributed by atoms with Gasteiger partial charge in [0.15, 0.2) is 18.1 Å². The second kappa shape index (κ2) is 8.57. The van der Waals surface area contributed by atoms with E-state index in [1.54, 1.807) is 31.2 Å². The van der Waals surface area contributed by atoms with Crippen molar-refractivity contribution in [2.24, 2.45) is 0 Å². The average molecular weight is 365 g/mol. The molecular formula is C17H19NO6S. The van der Waals surface area contributed by atoms with Crippen LogP contribution in [0.25, 0.3) is 6.08 Å². The standard InChI is InChI=1S/C17H19NO6S/c1-4-18-16(20)14(25-17(18)21)9-11-6-7-12(13(8-11)23-5-2)24-10-15(19)22-3/h6-9H,4-5,10H2,1-3H3. The zero-order valence-electron chi connectivity index (χ0n) is 14.2. The Balaban J connectivity index is 2.23. The fourth-order valence-electron chi connectivity index (χ4n) is 2.12. The van der Waals surface area contributed by atoms with Crippen LogP contribution in [0.1, 0.15) is 19.4 Å². The van der Waals surface area contributed by atoms with Crippen molar-refractivity contribution < 1.29 is 28.6 Å². The highest BCUT2D eigenvalue weighted by Gasteiger charge is 2.33. The van der Waals surface area contributed by atoms with E-state index in [4.69, 9.17) is 9.47 Å². The second-order valence-electron chi connectivity index (χ2n) is 4.93. The highest BCUT2D eigenvalue weighted by atomic mass is 32.2. The molecule has 0 radical (unpaired) electrons. The molecule has 1 aromatic carbocycles. The molecule has 0 aliphatic carbocycles. The lowest BCUT2D eigenvalue weighted by atomic mass is 10.2. The fourth-order valence-corrected chi connectivity index (χ4v) is 3.02. The van der Waals surface area contributed by atoms with E-state index in [-0.39, 0.29) is 17.8 Å². The van der Waals surface area contributed by atoms with Crippen molar-refractivity contribution in [1.82, 2.24) is 4.90 Å². The van der Waals surface area contributed by atoms with Gasteiger partial charge < -0.3 is 14.2 Å². The van der Waals surface area contributed by atoms with Gasteiger partial charge in [-0.25, -0.2) is 4.79 Å². The lowest BCUT2D eigenvalue weighted by molar-refractivity contribution is -0.142. The lowest BCUT2D eigenvalue weighted by Gasteiger charge is -2.12. The summed E-state index contributed by atoms with van der Waals surface area (Å²) < 4.78 is 15.4. The molecule has 0 aromatic heterocycles. The zero-order chi connectivity index (χ0) is 18.4. The maximum atomic E-state index is 12.1. The van der Waals surface area contributed by atoms with E-state index in [1.807, 2.05) is 6.92 Å². The van der Waals surface area contributed by atoms with Gasteiger partial charge in [0.05, 0.1) is 18.6 Å². The van der Waals surface area contributed by atoms with E-state index in [0.29, 0.717) is 35.1 Å². The molecular weight excluding hydrogens is 346 g/mol. The summed E-state index contributed by atoms with van der Waals surface area (Å²) in [4.78, 5) is 36.7. The van der Waals surface area contributed by atoms with Crippen molar-refractivity contribution in [1.29, 1.82) is 0 Å². The van der Waals surface area contributed by atoms with Gasteiger partial charge in [-0.3, -0.25) is 14.5 Å². The Morgan fingerprint density at radius 2 is 1.96 bits per heavy atom. The van der Waals surface area contributed by atoms with Crippen molar-refractivity contribution in [3.05, 3.63) is 28.7 Å². The van der Waals surface area contributed by atoms with Gasteiger partial charge in [-0.05, 0) is 49.4 Å². The van der Waals surface area contributed by atoms with Crippen LogP contribution in [0.15, 0.2) is 23.1 Å². The van der Waals surface area contributed by atoms with E-state index < -0.39 is 5.97 Å². The average Bonchev–Trinajstić information content (AvgIpc) is 2.87. The molecule has 1 aliphatic rings. The summed E-state index contributed by atoms with van der Waals surface area (Å²) in [5.74, 6) is 0.0298. The molecule has 2 amide bonds. The number of imide groups is 1. The summed E-state index contributed by atoms with van der Waals surface area (Å²) >= 11 is 0.907. The van der Waals surface area contributed by atoms with Crippen LogP contribution in [0.2, 0.25) is 0 Å². The largest absolute Gasteiger partial charge is 0.490 e. The van der Waals surface area contributed by atoms with Gasteiger partial charge in [0.1, 0.15) is 0 Å². The van der Waals surface area contributed by atoms with Crippen molar-refractivity contribution in [2.75, 3.05) is 26.9 Å². The number of esters is 1.